The maximum Gasteiger partial charge on any atom is 0.295 e. The molecule has 0 aliphatic carbocycles. The van der Waals surface area contributed by atoms with E-state index in [1.165, 1.54) is 23.5 Å². The van der Waals surface area contributed by atoms with E-state index in [2.05, 4.69) is 40.5 Å². The van der Waals surface area contributed by atoms with Crippen molar-refractivity contribution >= 4 is 50.0 Å². The molecule has 0 atom stereocenters. The molecule has 3 aromatic rings. The summed E-state index contributed by atoms with van der Waals surface area (Å²) < 4.78 is 35.4. The van der Waals surface area contributed by atoms with E-state index in [-0.39, 0.29) is 35.8 Å². The van der Waals surface area contributed by atoms with Crippen LogP contribution in [0.5, 0.6) is 5.88 Å². The molecule has 1 aromatic carbocycles. The molecule has 0 aliphatic heterocycles. The van der Waals surface area contributed by atoms with Crippen LogP contribution in [-0.4, -0.2) is 61.1 Å². The Morgan fingerprint density at radius 2 is 2.08 bits per heavy atom. The molecule has 0 amide bonds. The molecule has 17 heteroatoms. The van der Waals surface area contributed by atoms with Crippen molar-refractivity contribution in [2.24, 2.45) is 21.5 Å². The van der Waals surface area contributed by atoms with Crippen LogP contribution in [0, 0.1) is 11.5 Å². The van der Waals surface area contributed by atoms with E-state index in [0.717, 1.165) is 5.69 Å². The summed E-state index contributed by atoms with van der Waals surface area (Å²) >= 11 is 2.96. The standard InChI is InChI=1S/C19H22N10O4S3/c20-12-25-18(24-7-9-34-10-13-11-35-19(26-13)27-17(21)22)23-6-8-32-15-16(29-33-28-15)36(30,31)14-4-2-1-3-5-14/h1-5,11H,6-10H2,(H2,23,24,25)(H4,21,22,26,27). The zero-order chi connectivity index (χ0) is 25.8. The molecular formula is C19H22N10O4S3. The van der Waals surface area contributed by atoms with Crippen LogP contribution in [0.15, 0.2) is 60.2 Å². The molecule has 6 N–H and O–H groups in total. The summed E-state index contributed by atoms with van der Waals surface area (Å²) in [6.45, 7) is 0.638. The van der Waals surface area contributed by atoms with E-state index in [1.807, 2.05) is 5.38 Å². The number of aliphatic imine (C=N–C) groups is 2. The molecule has 2 aromatic heterocycles. The number of benzene rings is 1. The lowest BCUT2D eigenvalue weighted by Gasteiger charge is -2.08. The fourth-order valence-electron chi connectivity index (χ4n) is 2.57. The van der Waals surface area contributed by atoms with Crippen LogP contribution in [0.2, 0.25) is 0 Å². The number of thioether (sulfide) groups is 1. The average molecular weight is 551 g/mol. The van der Waals surface area contributed by atoms with Crippen LogP contribution < -0.4 is 26.8 Å². The van der Waals surface area contributed by atoms with Gasteiger partial charge < -0.3 is 21.5 Å². The largest absolute Gasteiger partial charge is 0.472 e. The number of nitrogens with zero attached hydrogens (tertiary/aromatic N) is 6. The summed E-state index contributed by atoms with van der Waals surface area (Å²) in [4.78, 5) is 12.5. The zero-order valence-electron chi connectivity index (χ0n) is 18.7. The summed E-state index contributed by atoms with van der Waals surface area (Å²) in [5, 5.41) is 23.3. The van der Waals surface area contributed by atoms with Crippen molar-refractivity contribution in [2.75, 3.05) is 25.4 Å². The second-order valence-electron chi connectivity index (χ2n) is 6.64. The summed E-state index contributed by atoms with van der Waals surface area (Å²) in [6.07, 6.45) is 1.81. The lowest BCUT2D eigenvalue weighted by molar-refractivity contribution is 0.257. The Morgan fingerprint density at radius 3 is 2.83 bits per heavy atom. The number of rotatable bonds is 12. The molecular weight excluding hydrogens is 528 g/mol. The Hall–Kier alpha value is -3.88. The first kappa shape index (κ1) is 26.7. The molecule has 0 saturated carbocycles. The number of nitrogens with one attached hydrogen (secondary N) is 2. The predicted octanol–water partition coefficient (Wildman–Crippen LogP) is 0.592. The monoisotopic (exact) mass is 550 g/mol. The van der Waals surface area contributed by atoms with Gasteiger partial charge in [-0.2, -0.15) is 22.0 Å². The van der Waals surface area contributed by atoms with E-state index in [4.69, 9.17) is 21.5 Å². The van der Waals surface area contributed by atoms with Crippen molar-refractivity contribution in [3.05, 3.63) is 41.4 Å². The molecule has 3 rings (SSSR count). The number of ether oxygens (including phenoxy) is 1. The van der Waals surface area contributed by atoms with Gasteiger partial charge in [0, 0.05) is 16.9 Å². The quantitative estimate of drug-likeness (QED) is 0.0798. The Bertz CT molecular complexity index is 1330. The maximum atomic E-state index is 12.7. The van der Waals surface area contributed by atoms with Gasteiger partial charge in [-0.15, -0.1) is 11.3 Å². The Morgan fingerprint density at radius 1 is 1.28 bits per heavy atom. The van der Waals surface area contributed by atoms with Gasteiger partial charge in [0.1, 0.15) is 6.61 Å². The number of hydrogen-bond donors (Lipinski definition) is 4. The summed E-state index contributed by atoms with van der Waals surface area (Å²) in [5.41, 5.74) is 11.5. The lowest BCUT2D eigenvalue weighted by Crippen LogP contribution is -2.37. The molecule has 0 radical (unpaired) electrons. The van der Waals surface area contributed by atoms with E-state index in [1.54, 1.807) is 36.2 Å². The van der Waals surface area contributed by atoms with Crippen LogP contribution in [0.4, 0.5) is 5.13 Å². The number of aromatic nitrogens is 3. The van der Waals surface area contributed by atoms with Crippen LogP contribution in [0.3, 0.4) is 0 Å². The first-order valence-corrected chi connectivity index (χ1v) is 13.7. The third-order valence-corrected chi connectivity index (χ3v) is 7.47. The Balaban J connectivity index is 1.44. The molecule has 2 heterocycles. The first-order valence-electron chi connectivity index (χ1n) is 10.2. The van der Waals surface area contributed by atoms with Crippen molar-refractivity contribution in [1.29, 1.82) is 5.26 Å². The molecule has 0 fully saturated rings. The third kappa shape index (κ3) is 7.83. The maximum absolute atomic E-state index is 12.7. The predicted molar refractivity (Wildman–Crippen MR) is 134 cm³/mol. The second kappa shape index (κ2) is 13.3. The molecule has 0 saturated heterocycles. The van der Waals surface area contributed by atoms with Crippen molar-refractivity contribution in [3.63, 3.8) is 0 Å². The molecule has 36 heavy (non-hydrogen) atoms. The Labute approximate surface area is 214 Å². The first-order chi connectivity index (χ1) is 17.4. The topological polar surface area (TPSA) is 220 Å². The third-order valence-electron chi connectivity index (χ3n) is 4.07. The fraction of sp³-hybridized carbons (Fsp3) is 0.263. The van der Waals surface area contributed by atoms with Gasteiger partial charge in [0.2, 0.25) is 20.9 Å². The molecule has 0 unspecified atom stereocenters. The van der Waals surface area contributed by atoms with Gasteiger partial charge in [-0.05, 0) is 22.4 Å². The van der Waals surface area contributed by atoms with Crippen LogP contribution in [0.25, 0.3) is 0 Å². The van der Waals surface area contributed by atoms with Gasteiger partial charge in [-0.25, -0.2) is 18.0 Å². The summed E-state index contributed by atoms with van der Waals surface area (Å²) in [7, 11) is -3.95. The van der Waals surface area contributed by atoms with Gasteiger partial charge >= 0.3 is 0 Å². The number of sulfone groups is 1. The van der Waals surface area contributed by atoms with Gasteiger partial charge in [0.05, 0.1) is 23.7 Å². The number of nitriles is 1. The highest BCUT2D eigenvalue weighted by molar-refractivity contribution is 7.98. The molecule has 0 aliphatic rings. The van der Waals surface area contributed by atoms with E-state index >= 15 is 0 Å². The minimum atomic E-state index is -3.95. The van der Waals surface area contributed by atoms with Gasteiger partial charge in [0.15, 0.2) is 12.2 Å². The average Bonchev–Trinajstić information content (AvgIpc) is 3.51. The number of nitrogens with two attached hydrogens (primary N) is 2. The highest BCUT2D eigenvalue weighted by atomic mass is 32.2. The van der Waals surface area contributed by atoms with Crippen molar-refractivity contribution < 1.29 is 17.8 Å². The molecule has 14 nitrogen and oxygen atoms in total. The SMILES string of the molecule is N#CNC(=NCCSCc1csc(N=C(N)N)n1)NCCOc1nonc1S(=O)(=O)c1ccccc1. The van der Waals surface area contributed by atoms with E-state index in [0.29, 0.717) is 23.2 Å². The van der Waals surface area contributed by atoms with Gasteiger partial charge in [-0.1, -0.05) is 18.2 Å². The van der Waals surface area contributed by atoms with E-state index < -0.39 is 14.9 Å². The Kier molecular flexibility index (Phi) is 9.85. The highest BCUT2D eigenvalue weighted by Crippen LogP contribution is 2.25. The van der Waals surface area contributed by atoms with Crippen LogP contribution >= 0.6 is 23.1 Å². The fourth-order valence-corrected chi connectivity index (χ4v) is 5.30. The molecule has 0 bridgehead atoms. The van der Waals surface area contributed by atoms with Crippen molar-refractivity contribution in [3.8, 4) is 12.1 Å². The summed E-state index contributed by atoms with van der Waals surface area (Å²) in [6, 6.07) is 7.75. The molecule has 190 valence electrons. The van der Waals surface area contributed by atoms with Gasteiger partial charge in [-0.3, -0.25) is 10.3 Å². The second-order valence-corrected chi connectivity index (χ2v) is 10.5. The summed E-state index contributed by atoms with van der Waals surface area (Å²) in [5.74, 6) is 1.29. The zero-order valence-corrected chi connectivity index (χ0v) is 21.1. The van der Waals surface area contributed by atoms with Crippen molar-refractivity contribution in [1.82, 2.24) is 25.9 Å². The number of hydrogen-bond acceptors (Lipinski definition) is 12. The van der Waals surface area contributed by atoms with Gasteiger partial charge in [0.25, 0.3) is 10.9 Å². The minimum Gasteiger partial charge on any atom is -0.472 e. The smallest absolute Gasteiger partial charge is 0.295 e. The molecule has 0 spiro atoms. The normalized spacial score (nSPS) is 11.5. The number of thiazole rings is 1. The van der Waals surface area contributed by atoms with Crippen LogP contribution in [0.1, 0.15) is 5.69 Å². The van der Waals surface area contributed by atoms with Crippen molar-refractivity contribution in [2.45, 2.75) is 15.7 Å². The van der Waals surface area contributed by atoms with Crippen LogP contribution in [-0.2, 0) is 15.6 Å². The lowest BCUT2D eigenvalue weighted by atomic mass is 10.4. The highest BCUT2D eigenvalue weighted by Gasteiger charge is 2.28. The number of guanidine groups is 2. The van der Waals surface area contributed by atoms with E-state index in [9.17, 15) is 8.42 Å². The minimum absolute atomic E-state index is 0.00829.